The van der Waals surface area contributed by atoms with Gasteiger partial charge in [-0.1, -0.05) is 15.5 Å². The first-order chi connectivity index (χ1) is 13.1. The summed E-state index contributed by atoms with van der Waals surface area (Å²) in [4.78, 5) is 10.5. The van der Waals surface area contributed by atoms with Gasteiger partial charge in [-0.25, -0.2) is 18.1 Å². The van der Waals surface area contributed by atoms with Gasteiger partial charge in [0.05, 0.1) is 13.1 Å². The zero-order chi connectivity index (χ0) is 20.1. The number of aromatic nitrogens is 7. The van der Waals surface area contributed by atoms with Crippen LogP contribution in [0, 0.1) is 6.92 Å². The van der Waals surface area contributed by atoms with Crippen LogP contribution >= 0.6 is 0 Å². The monoisotopic (exact) mass is 393 g/mol. The summed E-state index contributed by atoms with van der Waals surface area (Å²) in [6, 6.07) is 0. The Hall–Kier alpha value is -2.92. The van der Waals surface area contributed by atoms with E-state index in [0.29, 0.717) is 34.3 Å². The van der Waals surface area contributed by atoms with Crippen molar-refractivity contribution in [2.75, 3.05) is 23.3 Å². The van der Waals surface area contributed by atoms with Crippen LogP contribution in [0.1, 0.15) is 38.6 Å². The van der Waals surface area contributed by atoms with Crippen LogP contribution < -0.4 is 10.2 Å². The predicted octanol–water partition coefficient (Wildman–Crippen LogP) is 2.02. The Morgan fingerprint density at radius 1 is 1.21 bits per heavy atom. The summed E-state index contributed by atoms with van der Waals surface area (Å²) in [6.07, 6.45) is -0.224. The molecule has 0 unspecified atom stereocenters. The van der Waals surface area contributed by atoms with E-state index in [2.05, 4.69) is 35.9 Å². The number of rotatable bonds is 4. The molecule has 1 aliphatic rings. The molecule has 12 heteroatoms. The molecule has 1 N–H and O–H groups in total. The first-order valence-corrected chi connectivity index (χ1v) is 8.91. The molecule has 1 aliphatic heterocycles. The van der Waals surface area contributed by atoms with Gasteiger partial charge < -0.3 is 10.2 Å². The van der Waals surface area contributed by atoms with E-state index in [9.17, 15) is 8.78 Å². The van der Waals surface area contributed by atoms with Crippen molar-refractivity contribution in [3.63, 3.8) is 0 Å². The lowest BCUT2D eigenvalue weighted by atomic mass is 10.1. The van der Waals surface area contributed by atoms with Crippen molar-refractivity contribution in [1.82, 2.24) is 35.3 Å². The number of nitrogens with one attached hydrogen (secondary N) is 1. The molecule has 10 nitrogen and oxygen atoms in total. The normalized spacial score (nSPS) is 16.9. The molecule has 1 saturated heterocycles. The van der Waals surface area contributed by atoms with Gasteiger partial charge in [-0.3, -0.25) is 0 Å². The molecule has 0 amide bonds. The van der Waals surface area contributed by atoms with Crippen molar-refractivity contribution >= 4 is 22.9 Å². The van der Waals surface area contributed by atoms with Crippen molar-refractivity contribution in [1.29, 1.82) is 0 Å². The third-order valence-corrected chi connectivity index (χ3v) is 4.35. The SMILES string of the molecule is Cc1nonc1Cn1nnc2c(N3CCC(F)(F)C3)nc(NC(C)(C)C)nc21. The largest absolute Gasteiger partial charge is 0.350 e. The van der Waals surface area contributed by atoms with Gasteiger partial charge in [-0.05, 0) is 27.7 Å². The van der Waals surface area contributed by atoms with Crippen LogP contribution in [0.4, 0.5) is 20.5 Å². The van der Waals surface area contributed by atoms with Gasteiger partial charge in [-0.15, -0.1) is 5.10 Å². The van der Waals surface area contributed by atoms with Crippen molar-refractivity contribution < 1.29 is 13.4 Å². The molecule has 0 atom stereocenters. The predicted molar refractivity (Wildman–Crippen MR) is 96.4 cm³/mol. The van der Waals surface area contributed by atoms with Gasteiger partial charge in [0, 0.05) is 18.5 Å². The number of alkyl halides is 2. The van der Waals surface area contributed by atoms with Gasteiger partial charge >= 0.3 is 0 Å². The molecular weight excluding hydrogens is 372 g/mol. The van der Waals surface area contributed by atoms with Crippen LogP contribution in [0.25, 0.3) is 11.2 Å². The summed E-state index contributed by atoms with van der Waals surface area (Å²) in [5.74, 6) is -2.09. The topological polar surface area (TPSA) is 111 Å². The summed E-state index contributed by atoms with van der Waals surface area (Å²) >= 11 is 0. The number of anilines is 2. The fourth-order valence-corrected chi connectivity index (χ4v) is 3.01. The maximum Gasteiger partial charge on any atom is 0.266 e. The first-order valence-electron chi connectivity index (χ1n) is 8.91. The van der Waals surface area contributed by atoms with Crippen LogP contribution in [-0.4, -0.2) is 59.8 Å². The molecule has 28 heavy (non-hydrogen) atoms. The van der Waals surface area contributed by atoms with E-state index in [1.807, 2.05) is 20.8 Å². The standard InChI is InChI=1S/C16H21F2N9O/c1-9-10(24-28-23-9)7-27-13-11(22-25-27)12(26-6-5-16(17,18)8-26)19-14(20-13)21-15(2,3)4/h5-8H2,1-4H3,(H,19,20,21). The molecule has 4 rings (SSSR count). The molecule has 4 heterocycles. The van der Waals surface area contributed by atoms with Crippen LogP contribution in [-0.2, 0) is 6.54 Å². The van der Waals surface area contributed by atoms with Gasteiger partial charge in [0.1, 0.15) is 11.4 Å². The van der Waals surface area contributed by atoms with E-state index < -0.39 is 12.5 Å². The van der Waals surface area contributed by atoms with Crippen molar-refractivity contribution in [3.05, 3.63) is 11.4 Å². The van der Waals surface area contributed by atoms with Crippen LogP contribution in [0.15, 0.2) is 4.63 Å². The van der Waals surface area contributed by atoms with E-state index in [0.717, 1.165) is 0 Å². The van der Waals surface area contributed by atoms with Crippen molar-refractivity contribution in [2.45, 2.75) is 52.1 Å². The molecule has 0 bridgehead atoms. The fraction of sp³-hybridized carbons (Fsp3) is 0.625. The number of hydrogen-bond acceptors (Lipinski definition) is 9. The summed E-state index contributed by atoms with van der Waals surface area (Å²) in [5.41, 5.74) is 1.70. The molecule has 0 radical (unpaired) electrons. The minimum Gasteiger partial charge on any atom is -0.350 e. The first kappa shape index (κ1) is 18.4. The maximum absolute atomic E-state index is 13.8. The molecule has 3 aromatic heterocycles. The van der Waals surface area contributed by atoms with Crippen molar-refractivity contribution in [3.8, 4) is 0 Å². The average Bonchev–Trinajstić information content (AvgIpc) is 3.26. The second-order valence-electron chi connectivity index (χ2n) is 7.99. The molecule has 150 valence electrons. The Morgan fingerprint density at radius 2 is 2.00 bits per heavy atom. The van der Waals surface area contributed by atoms with E-state index in [-0.39, 0.29) is 25.0 Å². The lowest BCUT2D eigenvalue weighted by Gasteiger charge is -2.22. The lowest BCUT2D eigenvalue weighted by Crippen LogP contribution is -2.29. The Kier molecular flexibility index (Phi) is 4.16. The molecule has 0 saturated carbocycles. The zero-order valence-corrected chi connectivity index (χ0v) is 16.1. The Labute approximate surface area is 159 Å². The summed E-state index contributed by atoms with van der Waals surface area (Å²) in [5, 5.41) is 19.1. The van der Waals surface area contributed by atoms with E-state index in [1.54, 1.807) is 6.92 Å². The second-order valence-corrected chi connectivity index (χ2v) is 7.99. The summed E-state index contributed by atoms with van der Waals surface area (Å²) < 4.78 is 33.8. The number of fused-ring (bicyclic) bond motifs is 1. The average molecular weight is 393 g/mol. The van der Waals surface area contributed by atoms with E-state index >= 15 is 0 Å². The molecule has 0 aliphatic carbocycles. The fourth-order valence-electron chi connectivity index (χ4n) is 3.01. The van der Waals surface area contributed by atoms with Gasteiger partial charge in [0.25, 0.3) is 5.92 Å². The highest BCUT2D eigenvalue weighted by molar-refractivity contribution is 5.84. The van der Waals surface area contributed by atoms with E-state index in [4.69, 9.17) is 4.63 Å². The van der Waals surface area contributed by atoms with Crippen LogP contribution in [0.3, 0.4) is 0 Å². The number of aryl methyl sites for hydroxylation is 1. The highest BCUT2D eigenvalue weighted by atomic mass is 19.3. The summed E-state index contributed by atoms with van der Waals surface area (Å²) in [7, 11) is 0. The molecule has 0 spiro atoms. The minimum atomic E-state index is -2.76. The van der Waals surface area contributed by atoms with Crippen molar-refractivity contribution in [2.24, 2.45) is 0 Å². The molecule has 1 fully saturated rings. The van der Waals surface area contributed by atoms with Gasteiger partial charge in [0.2, 0.25) is 5.95 Å². The second kappa shape index (κ2) is 6.31. The third kappa shape index (κ3) is 3.58. The third-order valence-electron chi connectivity index (χ3n) is 4.35. The maximum atomic E-state index is 13.8. The number of hydrogen-bond donors (Lipinski definition) is 1. The quantitative estimate of drug-likeness (QED) is 0.711. The van der Waals surface area contributed by atoms with Crippen LogP contribution in [0.2, 0.25) is 0 Å². The van der Waals surface area contributed by atoms with Gasteiger partial charge in [-0.2, -0.15) is 9.97 Å². The lowest BCUT2D eigenvalue weighted by molar-refractivity contribution is 0.0257. The Balaban J connectivity index is 1.80. The molecule has 3 aromatic rings. The van der Waals surface area contributed by atoms with Crippen LogP contribution in [0.5, 0.6) is 0 Å². The smallest absolute Gasteiger partial charge is 0.266 e. The highest BCUT2D eigenvalue weighted by Crippen LogP contribution is 2.33. The number of nitrogens with zero attached hydrogens (tertiary/aromatic N) is 8. The number of halogens is 2. The molecule has 0 aromatic carbocycles. The molecular formula is C16H21F2N9O. The Bertz CT molecular complexity index is 1010. The summed E-state index contributed by atoms with van der Waals surface area (Å²) in [6.45, 7) is 7.68. The van der Waals surface area contributed by atoms with E-state index in [1.165, 1.54) is 9.58 Å². The Morgan fingerprint density at radius 3 is 2.61 bits per heavy atom. The zero-order valence-electron chi connectivity index (χ0n) is 16.1. The highest BCUT2D eigenvalue weighted by Gasteiger charge is 2.40. The minimum absolute atomic E-state index is 0.188. The van der Waals surface area contributed by atoms with Gasteiger partial charge in [0.15, 0.2) is 17.0 Å².